The van der Waals surface area contributed by atoms with Crippen molar-refractivity contribution in [2.45, 2.75) is 66.2 Å². The summed E-state index contributed by atoms with van der Waals surface area (Å²) in [6.45, 7) is 5.60. The lowest BCUT2D eigenvalue weighted by molar-refractivity contribution is -0.119. The van der Waals surface area contributed by atoms with E-state index in [4.69, 9.17) is 5.84 Å². The Morgan fingerprint density at radius 2 is 1.03 bits per heavy atom. The summed E-state index contributed by atoms with van der Waals surface area (Å²) in [6, 6.07) is 9.32. The minimum atomic E-state index is -0.335. The quantitative estimate of drug-likeness (QED) is 0.104. The van der Waals surface area contributed by atoms with Gasteiger partial charge in [0.15, 0.2) is 23.1 Å². The number of amides is 1. The van der Waals surface area contributed by atoms with Gasteiger partial charge in [-0.05, 0) is 71.2 Å². The van der Waals surface area contributed by atoms with Gasteiger partial charge in [-0.2, -0.15) is 0 Å². The van der Waals surface area contributed by atoms with Crippen LogP contribution < -0.4 is 16.3 Å². The molecule has 2 aromatic carbocycles. The summed E-state index contributed by atoms with van der Waals surface area (Å²) in [7, 11) is 0.156. The second-order valence-electron chi connectivity index (χ2n) is 9.31. The minimum absolute atomic E-state index is 0.0195. The van der Waals surface area contributed by atoms with Gasteiger partial charge >= 0.3 is 0 Å². The number of rotatable bonds is 14. The van der Waals surface area contributed by atoms with E-state index in [-0.39, 0.29) is 54.1 Å². The summed E-state index contributed by atoms with van der Waals surface area (Å²) in [5.41, 5.74) is 2.40. The number of unbranched alkanes of at least 4 members (excludes halogenated alkanes) is 3. The van der Waals surface area contributed by atoms with Crippen molar-refractivity contribution in [3.8, 4) is 0 Å². The van der Waals surface area contributed by atoms with Crippen molar-refractivity contribution in [2.24, 2.45) is 5.84 Å². The van der Waals surface area contributed by atoms with Crippen LogP contribution in [-0.2, 0) is 9.59 Å². The van der Waals surface area contributed by atoms with Crippen molar-refractivity contribution in [1.29, 1.82) is 0 Å². The molecule has 0 aromatic heterocycles. The molecule has 2 N–H and O–H groups in total. The average Bonchev–Trinajstić information content (AvgIpc) is 2.84. The minimum Gasteiger partial charge on any atom is -0.311 e. The maximum absolute atomic E-state index is 12.5. The maximum Gasteiger partial charge on any atom is 0.241 e. The monoisotopic (exact) mass is 504 g/mol. The van der Waals surface area contributed by atoms with Crippen LogP contribution in [0.25, 0.3) is 0 Å². The number of nitrogens with two attached hydrogens (primary N) is 1. The van der Waals surface area contributed by atoms with Crippen LogP contribution >= 0.6 is 0 Å². The van der Waals surface area contributed by atoms with E-state index in [2.05, 4.69) is 0 Å². The molecule has 37 heavy (non-hydrogen) atoms. The fraction of sp³-hybridized carbons (Fsp3) is 0.357. The van der Waals surface area contributed by atoms with Crippen molar-refractivity contribution in [2.75, 3.05) is 5.01 Å². The summed E-state index contributed by atoms with van der Waals surface area (Å²) in [6.07, 6.45) is 3.28. The number of benzene rings is 2. The Hall–Kier alpha value is -3.72. The highest BCUT2D eigenvalue weighted by molar-refractivity contribution is 6.84. The molecule has 0 saturated carbocycles. The zero-order valence-corrected chi connectivity index (χ0v) is 21.9. The van der Waals surface area contributed by atoms with Crippen LogP contribution in [0.1, 0.15) is 108 Å². The molecule has 0 atom stereocenters. The molecule has 0 aliphatic carbocycles. The van der Waals surface area contributed by atoms with Crippen molar-refractivity contribution in [3.05, 3.63) is 58.7 Å². The molecule has 0 unspecified atom stereocenters. The molecule has 0 radical (unpaired) electrons. The number of carbonyl (C=O) groups is 6. The topological polar surface area (TPSA) is 132 Å². The number of anilines is 1. The highest BCUT2D eigenvalue weighted by Crippen LogP contribution is 2.20. The second-order valence-corrected chi connectivity index (χ2v) is 9.31. The first kappa shape index (κ1) is 29.5. The Kier molecular flexibility index (Phi) is 10.8. The number of Topliss-reactive ketones (excluding diaryl/α,β-unsaturated/α-hetero) is 4. The van der Waals surface area contributed by atoms with Crippen LogP contribution in [-0.4, -0.2) is 42.0 Å². The standard InChI is InChI=1S/C28H33BN2O6/c1-17(32)21-11-22(18(2)33)14-25(13-21)29-27(36)9-7-5-6-8-10-28(37)31(30)26-15-23(19(3)34)12-24(16-26)20(4)35/h11-16,29H,5-10,30H2,1-4H3. The number of hydrogen-bond acceptors (Lipinski definition) is 7. The van der Waals surface area contributed by atoms with E-state index in [1.807, 2.05) is 0 Å². The molecule has 8 nitrogen and oxygen atoms in total. The highest BCUT2D eigenvalue weighted by Gasteiger charge is 2.16. The third-order valence-electron chi connectivity index (χ3n) is 6.08. The van der Waals surface area contributed by atoms with E-state index >= 15 is 0 Å². The summed E-state index contributed by atoms with van der Waals surface area (Å²) in [5, 5.41) is 0.965. The SMILES string of the molecule is CC(=O)c1cc(BC(=O)CCCCCCC(=O)N(N)c2cc(C(C)=O)cc(C(C)=O)c2)cc(C(C)=O)c1. The Morgan fingerprint density at radius 1 is 0.622 bits per heavy atom. The summed E-state index contributed by atoms with van der Waals surface area (Å²) in [5.74, 6) is 4.85. The number of hydrogen-bond donors (Lipinski definition) is 1. The van der Waals surface area contributed by atoms with E-state index in [0.717, 1.165) is 17.9 Å². The lowest BCUT2D eigenvalue weighted by atomic mass is 9.64. The molecule has 0 spiro atoms. The number of carbonyl (C=O) groups excluding carboxylic acids is 6. The van der Waals surface area contributed by atoms with E-state index < -0.39 is 0 Å². The molecular formula is C28H33BN2O6. The molecule has 0 aliphatic rings. The number of ketones is 4. The van der Waals surface area contributed by atoms with Gasteiger partial charge in [-0.3, -0.25) is 24.0 Å². The van der Waals surface area contributed by atoms with Crippen LogP contribution in [0.2, 0.25) is 0 Å². The van der Waals surface area contributed by atoms with Crippen LogP contribution in [0, 0.1) is 0 Å². The Morgan fingerprint density at radius 3 is 1.46 bits per heavy atom. The van der Waals surface area contributed by atoms with Gasteiger partial charge in [0.1, 0.15) is 0 Å². The normalized spacial score (nSPS) is 10.5. The molecule has 0 aliphatic heterocycles. The van der Waals surface area contributed by atoms with E-state index in [1.165, 1.54) is 45.9 Å². The third-order valence-corrected chi connectivity index (χ3v) is 6.08. The first-order valence-electron chi connectivity index (χ1n) is 12.3. The summed E-state index contributed by atoms with van der Waals surface area (Å²) >= 11 is 0. The van der Waals surface area contributed by atoms with Gasteiger partial charge < -0.3 is 4.79 Å². The fourth-order valence-corrected chi connectivity index (χ4v) is 3.89. The molecule has 9 heteroatoms. The molecule has 194 valence electrons. The fourth-order valence-electron chi connectivity index (χ4n) is 3.89. The molecular weight excluding hydrogens is 471 g/mol. The Labute approximate surface area is 217 Å². The summed E-state index contributed by atoms with van der Waals surface area (Å²) in [4.78, 5) is 71.9. The molecule has 2 rings (SSSR count). The first-order chi connectivity index (χ1) is 17.4. The predicted octanol–water partition coefficient (Wildman–Crippen LogP) is 3.33. The molecule has 0 heterocycles. The number of nitrogens with zero attached hydrogens (tertiary/aromatic N) is 1. The summed E-state index contributed by atoms with van der Waals surface area (Å²) < 4.78 is 0. The molecule has 1 amide bonds. The maximum atomic E-state index is 12.5. The van der Waals surface area contributed by atoms with Crippen LogP contribution in [0.3, 0.4) is 0 Å². The van der Waals surface area contributed by atoms with Crippen molar-refractivity contribution < 1.29 is 28.8 Å². The van der Waals surface area contributed by atoms with Crippen molar-refractivity contribution in [3.63, 3.8) is 0 Å². The van der Waals surface area contributed by atoms with Crippen molar-refractivity contribution >= 4 is 53.2 Å². The van der Waals surface area contributed by atoms with E-state index in [9.17, 15) is 28.8 Å². The van der Waals surface area contributed by atoms with Gasteiger partial charge in [0.2, 0.25) is 13.2 Å². The number of hydrazine groups is 1. The molecule has 0 bridgehead atoms. The lowest BCUT2D eigenvalue weighted by Gasteiger charge is -2.18. The van der Waals surface area contributed by atoms with Gasteiger partial charge in [0.25, 0.3) is 0 Å². The van der Waals surface area contributed by atoms with E-state index in [0.29, 0.717) is 47.0 Å². The predicted molar refractivity (Wildman–Crippen MR) is 144 cm³/mol. The zero-order valence-electron chi connectivity index (χ0n) is 21.9. The van der Waals surface area contributed by atoms with Gasteiger partial charge in [-0.1, -0.05) is 30.4 Å². The van der Waals surface area contributed by atoms with E-state index in [1.54, 1.807) is 18.2 Å². The molecule has 2 aromatic rings. The van der Waals surface area contributed by atoms with Gasteiger partial charge in [-0.15, -0.1) is 0 Å². The van der Waals surface area contributed by atoms with Gasteiger partial charge in [0.05, 0.1) is 11.4 Å². The Bertz CT molecular complexity index is 1170. The van der Waals surface area contributed by atoms with Gasteiger partial charge in [-0.25, -0.2) is 10.9 Å². The third kappa shape index (κ3) is 9.02. The molecule has 0 fully saturated rings. The van der Waals surface area contributed by atoms with Crippen LogP contribution in [0.4, 0.5) is 5.69 Å². The molecule has 0 saturated heterocycles. The average molecular weight is 504 g/mol. The van der Waals surface area contributed by atoms with Crippen molar-refractivity contribution in [1.82, 2.24) is 0 Å². The Balaban J connectivity index is 1.81. The van der Waals surface area contributed by atoms with Crippen LogP contribution in [0.15, 0.2) is 36.4 Å². The zero-order chi connectivity index (χ0) is 27.7. The largest absolute Gasteiger partial charge is 0.311 e. The lowest BCUT2D eigenvalue weighted by Crippen LogP contribution is -2.37. The highest BCUT2D eigenvalue weighted by atomic mass is 16.2. The first-order valence-corrected chi connectivity index (χ1v) is 12.3. The van der Waals surface area contributed by atoms with Crippen LogP contribution in [0.5, 0.6) is 0 Å². The smallest absolute Gasteiger partial charge is 0.241 e. The second kappa shape index (κ2) is 13.6. The van der Waals surface area contributed by atoms with Gasteiger partial charge in [0, 0.05) is 28.7 Å².